The van der Waals surface area contributed by atoms with Crippen LogP contribution in [0.1, 0.15) is 46.0 Å². The van der Waals surface area contributed by atoms with E-state index in [1.165, 1.54) is 5.57 Å². The zero-order valence-electron chi connectivity index (χ0n) is 11.5. The summed E-state index contributed by atoms with van der Waals surface area (Å²) >= 11 is 0. The van der Waals surface area contributed by atoms with E-state index in [-0.39, 0.29) is 12.9 Å². The van der Waals surface area contributed by atoms with E-state index in [0.29, 0.717) is 6.42 Å². The Balaban J connectivity index is 2.14. The lowest BCUT2D eigenvalue weighted by molar-refractivity contribution is -0.183. The summed E-state index contributed by atoms with van der Waals surface area (Å²) in [5, 5.41) is 19.5. The van der Waals surface area contributed by atoms with Gasteiger partial charge in [-0.3, -0.25) is 0 Å². The van der Waals surface area contributed by atoms with Crippen LogP contribution < -0.4 is 0 Å². The van der Waals surface area contributed by atoms with Gasteiger partial charge in [-0.15, -0.1) is 0 Å². The molecule has 4 nitrogen and oxygen atoms in total. The predicted octanol–water partition coefficient (Wildman–Crippen LogP) is 2.00. The van der Waals surface area contributed by atoms with Gasteiger partial charge in [-0.2, -0.15) is 0 Å². The largest absolute Gasteiger partial charge is 0.390 e. The number of hydrogen-bond donors (Lipinski definition) is 2. The smallest absolute Gasteiger partial charge is 0.157 e. The van der Waals surface area contributed by atoms with E-state index >= 15 is 0 Å². The Bertz CT molecular complexity index is 242. The Morgan fingerprint density at radius 2 is 2.11 bits per heavy atom. The number of hydrogen-bond acceptors (Lipinski definition) is 4. The van der Waals surface area contributed by atoms with Crippen molar-refractivity contribution in [1.82, 2.24) is 0 Å². The van der Waals surface area contributed by atoms with Crippen molar-refractivity contribution in [3.63, 3.8) is 0 Å². The lowest BCUT2D eigenvalue weighted by atomic mass is 10.1. The second-order valence-electron chi connectivity index (χ2n) is 5.12. The Hall–Kier alpha value is -0.420. The molecule has 106 valence electrons. The summed E-state index contributed by atoms with van der Waals surface area (Å²) in [6.45, 7) is 4.91. The average Bonchev–Trinajstić information content (AvgIpc) is 2.36. The molecule has 0 aromatic rings. The molecule has 0 amide bonds. The lowest BCUT2D eigenvalue weighted by Gasteiger charge is -2.25. The van der Waals surface area contributed by atoms with Crippen molar-refractivity contribution in [2.45, 2.75) is 64.4 Å². The summed E-state index contributed by atoms with van der Waals surface area (Å²) in [4.78, 5) is 0. The topological polar surface area (TPSA) is 58.9 Å². The number of aliphatic hydroxyl groups excluding tert-OH is 2. The molecule has 3 atom stereocenters. The highest BCUT2D eigenvalue weighted by Gasteiger charge is 2.20. The van der Waals surface area contributed by atoms with Gasteiger partial charge in [-0.25, -0.2) is 0 Å². The van der Waals surface area contributed by atoms with E-state index in [2.05, 4.69) is 6.08 Å². The average molecular weight is 258 g/mol. The molecule has 0 aliphatic carbocycles. The highest BCUT2D eigenvalue weighted by Crippen LogP contribution is 2.14. The van der Waals surface area contributed by atoms with Crippen LogP contribution in [0.15, 0.2) is 11.6 Å². The van der Waals surface area contributed by atoms with Crippen molar-refractivity contribution in [2.24, 2.45) is 0 Å². The van der Waals surface area contributed by atoms with Crippen LogP contribution in [-0.2, 0) is 9.47 Å². The molecule has 0 saturated carbocycles. The molecule has 1 aliphatic rings. The quantitative estimate of drug-likeness (QED) is 0.686. The van der Waals surface area contributed by atoms with Gasteiger partial charge in [-0.05, 0) is 46.0 Å². The molecule has 4 heteroatoms. The van der Waals surface area contributed by atoms with E-state index in [1.54, 1.807) is 0 Å². The van der Waals surface area contributed by atoms with Crippen LogP contribution in [-0.4, -0.2) is 41.9 Å². The molecule has 1 fully saturated rings. The zero-order valence-corrected chi connectivity index (χ0v) is 11.5. The van der Waals surface area contributed by atoms with Crippen LogP contribution in [0.4, 0.5) is 0 Å². The van der Waals surface area contributed by atoms with Crippen LogP contribution in [0, 0.1) is 0 Å². The molecule has 18 heavy (non-hydrogen) atoms. The normalized spacial score (nSPS) is 23.4. The first-order valence-corrected chi connectivity index (χ1v) is 6.82. The summed E-state index contributed by atoms with van der Waals surface area (Å²) in [6.07, 6.45) is 4.67. The monoisotopic (exact) mass is 258 g/mol. The third-order valence-corrected chi connectivity index (χ3v) is 3.05. The van der Waals surface area contributed by atoms with Crippen LogP contribution in [0.2, 0.25) is 0 Å². The van der Waals surface area contributed by atoms with Gasteiger partial charge in [0.1, 0.15) is 6.10 Å². The predicted molar refractivity (Wildman–Crippen MR) is 70.2 cm³/mol. The van der Waals surface area contributed by atoms with Crippen molar-refractivity contribution >= 4 is 0 Å². The number of allylic oxidation sites excluding steroid dienone is 2. The highest BCUT2D eigenvalue weighted by molar-refractivity contribution is 4.93. The molecule has 0 bridgehead atoms. The molecule has 1 rings (SSSR count). The van der Waals surface area contributed by atoms with Gasteiger partial charge in [0.15, 0.2) is 6.29 Å². The molecule has 3 unspecified atom stereocenters. The number of aliphatic hydroxyl groups is 2. The van der Waals surface area contributed by atoms with Crippen molar-refractivity contribution in [2.75, 3.05) is 13.2 Å². The van der Waals surface area contributed by atoms with Crippen LogP contribution in [0.3, 0.4) is 0 Å². The first-order valence-electron chi connectivity index (χ1n) is 6.82. The highest BCUT2D eigenvalue weighted by atomic mass is 16.7. The maximum Gasteiger partial charge on any atom is 0.157 e. The van der Waals surface area contributed by atoms with Gasteiger partial charge >= 0.3 is 0 Å². The first kappa shape index (κ1) is 15.6. The molecule has 0 aromatic carbocycles. The van der Waals surface area contributed by atoms with Crippen molar-refractivity contribution in [3.8, 4) is 0 Å². The Morgan fingerprint density at radius 1 is 1.33 bits per heavy atom. The van der Waals surface area contributed by atoms with Gasteiger partial charge in [-0.1, -0.05) is 11.6 Å². The van der Waals surface area contributed by atoms with E-state index in [9.17, 15) is 10.2 Å². The molecule has 0 radical (unpaired) electrons. The number of rotatable bonds is 7. The van der Waals surface area contributed by atoms with E-state index in [4.69, 9.17) is 9.47 Å². The molecule has 1 saturated heterocycles. The summed E-state index contributed by atoms with van der Waals surface area (Å²) in [5.74, 6) is 0. The van der Waals surface area contributed by atoms with Gasteiger partial charge in [0.2, 0.25) is 0 Å². The third-order valence-electron chi connectivity index (χ3n) is 3.05. The summed E-state index contributed by atoms with van der Waals surface area (Å²) < 4.78 is 10.8. The minimum atomic E-state index is -0.832. The molecule has 2 N–H and O–H groups in total. The van der Waals surface area contributed by atoms with Gasteiger partial charge in [0.05, 0.1) is 12.7 Å². The maximum atomic E-state index is 9.76. The van der Waals surface area contributed by atoms with Crippen molar-refractivity contribution in [1.29, 1.82) is 0 Å². The standard InChI is InChI=1S/C14H26O4/c1-11(2)6-5-7-12(15)13(16)10-18-14-8-3-4-9-17-14/h6,12-16H,3-5,7-10H2,1-2H3. The molecule has 1 heterocycles. The van der Waals surface area contributed by atoms with E-state index in [0.717, 1.165) is 32.3 Å². The van der Waals surface area contributed by atoms with Gasteiger partial charge in [0, 0.05) is 6.61 Å². The molecule has 0 spiro atoms. The fourth-order valence-electron chi connectivity index (χ4n) is 1.89. The van der Waals surface area contributed by atoms with Crippen LogP contribution in [0.5, 0.6) is 0 Å². The van der Waals surface area contributed by atoms with Gasteiger partial charge in [0.25, 0.3) is 0 Å². The van der Waals surface area contributed by atoms with Crippen molar-refractivity contribution in [3.05, 3.63) is 11.6 Å². The SMILES string of the molecule is CC(C)=CCCC(O)C(O)COC1CCCCO1. The third kappa shape index (κ3) is 6.50. The lowest BCUT2D eigenvalue weighted by Crippen LogP contribution is -2.34. The fourth-order valence-corrected chi connectivity index (χ4v) is 1.89. The maximum absolute atomic E-state index is 9.76. The van der Waals surface area contributed by atoms with E-state index in [1.807, 2.05) is 13.8 Å². The summed E-state index contributed by atoms with van der Waals surface area (Å²) in [6, 6.07) is 0. The van der Waals surface area contributed by atoms with E-state index < -0.39 is 12.2 Å². The summed E-state index contributed by atoms with van der Waals surface area (Å²) in [5.41, 5.74) is 1.23. The molecular formula is C14H26O4. The summed E-state index contributed by atoms with van der Waals surface area (Å²) in [7, 11) is 0. The minimum absolute atomic E-state index is 0.140. The molecular weight excluding hydrogens is 232 g/mol. The second kappa shape index (κ2) is 8.64. The fraction of sp³-hybridized carbons (Fsp3) is 0.857. The first-order chi connectivity index (χ1) is 8.59. The Morgan fingerprint density at radius 3 is 2.72 bits per heavy atom. The van der Waals surface area contributed by atoms with Gasteiger partial charge < -0.3 is 19.7 Å². The number of ether oxygens (including phenoxy) is 2. The van der Waals surface area contributed by atoms with Crippen LogP contribution in [0.25, 0.3) is 0 Å². The van der Waals surface area contributed by atoms with Crippen LogP contribution >= 0.6 is 0 Å². The minimum Gasteiger partial charge on any atom is -0.390 e. The Kier molecular flexibility index (Phi) is 7.51. The Labute approximate surface area is 110 Å². The van der Waals surface area contributed by atoms with Crippen molar-refractivity contribution < 1.29 is 19.7 Å². The second-order valence-corrected chi connectivity index (χ2v) is 5.12. The molecule has 0 aromatic heterocycles. The zero-order chi connectivity index (χ0) is 13.4. The molecule has 1 aliphatic heterocycles.